The summed E-state index contributed by atoms with van der Waals surface area (Å²) in [6.45, 7) is 0. The van der Waals surface area contributed by atoms with Gasteiger partial charge in [-0.05, 0) is 18.2 Å². The first-order chi connectivity index (χ1) is 8.11. The van der Waals surface area contributed by atoms with E-state index in [1.807, 2.05) is 6.07 Å². The molecular weight excluding hydrogens is 286 g/mol. The molecule has 0 saturated heterocycles. The fourth-order valence-corrected chi connectivity index (χ4v) is 1.76. The molecule has 0 aliphatic heterocycles. The van der Waals surface area contributed by atoms with E-state index in [0.717, 1.165) is 4.47 Å². The fraction of sp³-hybridized carbons (Fsp3) is 0. The van der Waals surface area contributed by atoms with E-state index in [4.69, 9.17) is 5.26 Å². The molecule has 1 N–H and O–H groups in total. The van der Waals surface area contributed by atoms with Gasteiger partial charge >= 0.3 is 5.69 Å². The van der Waals surface area contributed by atoms with Crippen molar-refractivity contribution in [3.05, 3.63) is 61.3 Å². The Labute approximate surface area is 104 Å². The maximum atomic E-state index is 11.6. The van der Waals surface area contributed by atoms with Crippen molar-refractivity contribution in [3.8, 4) is 11.8 Å². The number of aromatic amines is 1. The number of hydrogen-bond donors (Lipinski definition) is 1. The molecule has 1 heterocycles. The molecule has 0 amide bonds. The normalized spacial score (nSPS) is 9.88. The van der Waals surface area contributed by atoms with Crippen molar-refractivity contribution in [3.63, 3.8) is 0 Å². The van der Waals surface area contributed by atoms with E-state index < -0.39 is 11.2 Å². The summed E-state index contributed by atoms with van der Waals surface area (Å²) in [6.07, 6.45) is 1.23. The van der Waals surface area contributed by atoms with E-state index in [1.165, 1.54) is 10.8 Å². The highest BCUT2D eigenvalue weighted by Crippen LogP contribution is 2.13. The van der Waals surface area contributed by atoms with E-state index in [9.17, 15) is 9.59 Å². The Morgan fingerprint density at radius 2 is 2.12 bits per heavy atom. The Hall–Kier alpha value is -2.13. The van der Waals surface area contributed by atoms with Gasteiger partial charge in [-0.15, -0.1) is 0 Å². The molecule has 6 heteroatoms. The summed E-state index contributed by atoms with van der Waals surface area (Å²) < 4.78 is 2.01. The van der Waals surface area contributed by atoms with Crippen LogP contribution in [-0.4, -0.2) is 9.55 Å². The minimum Gasteiger partial charge on any atom is -0.273 e. The summed E-state index contributed by atoms with van der Waals surface area (Å²) >= 11 is 3.28. The van der Waals surface area contributed by atoms with Gasteiger partial charge in [-0.3, -0.25) is 14.3 Å². The van der Waals surface area contributed by atoms with Gasteiger partial charge in [0, 0.05) is 10.7 Å². The lowest BCUT2D eigenvalue weighted by molar-refractivity contribution is 0.889. The lowest BCUT2D eigenvalue weighted by Gasteiger charge is -2.05. The van der Waals surface area contributed by atoms with Crippen molar-refractivity contribution in [1.29, 1.82) is 5.26 Å². The first kappa shape index (κ1) is 11.4. The number of benzene rings is 1. The Balaban J connectivity index is 2.73. The monoisotopic (exact) mass is 291 g/mol. The molecule has 2 aromatic rings. The molecule has 0 aliphatic rings. The largest absolute Gasteiger partial charge is 0.332 e. The molecule has 0 unspecified atom stereocenters. The van der Waals surface area contributed by atoms with Gasteiger partial charge < -0.3 is 0 Å². The molecule has 84 valence electrons. The Kier molecular flexibility index (Phi) is 2.93. The van der Waals surface area contributed by atoms with Crippen molar-refractivity contribution in [2.45, 2.75) is 0 Å². The SMILES string of the molecule is N#Cc1cn(-c2cccc(Br)c2)c(=O)[nH]c1=O. The third-order valence-corrected chi connectivity index (χ3v) is 2.64. The minimum atomic E-state index is -0.677. The number of hydrogen-bond acceptors (Lipinski definition) is 3. The van der Waals surface area contributed by atoms with Crippen LogP contribution in [0.15, 0.2) is 44.5 Å². The second-order valence-electron chi connectivity index (χ2n) is 3.26. The first-order valence-corrected chi connectivity index (χ1v) is 5.43. The van der Waals surface area contributed by atoms with Crippen LogP contribution in [0.3, 0.4) is 0 Å². The smallest absolute Gasteiger partial charge is 0.273 e. The number of rotatable bonds is 1. The summed E-state index contributed by atoms with van der Waals surface area (Å²) in [4.78, 5) is 24.9. The zero-order valence-corrected chi connectivity index (χ0v) is 10.1. The third kappa shape index (κ3) is 2.19. The summed E-state index contributed by atoms with van der Waals surface area (Å²) in [5, 5.41) is 8.74. The van der Waals surface area contributed by atoms with E-state index in [2.05, 4.69) is 20.9 Å². The summed E-state index contributed by atoms with van der Waals surface area (Å²) in [5.41, 5.74) is -0.794. The topological polar surface area (TPSA) is 78.7 Å². The molecule has 0 radical (unpaired) electrons. The van der Waals surface area contributed by atoms with Crippen molar-refractivity contribution in [2.75, 3.05) is 0 Å². The molecule has 2 rings (SSSR count). The van der Waals surface area contributed by atoms with Gasteiger partial charge in [-0.2, -0.15) is 5.26 Å². The zero-order chi connectivity index (χ0) is 12.4. The Bertz CT molecular complexity index is 724. The van der Waals surface area contributed by atoms with Gasteiger partial charge in [0.2, 0.25) is 0 Å². The summed E-state index contributed by atoms with van der Waals surface area (Å²) in [5.74, 6) is 0. The average molecular weight is 292 g/mol. The maximum Gasteiger partial charge on any atom is 0.332 e. The molecule has 0 aliphatic carbocycles. The average Bonchev–Trinajstić information content (AvgIpc) is 2.29. The minimum absolute atomic E-state index is 0.107. The second kappa shape index (κ2) is 4.39. The zero-order valence-electron chi connectivity index (χ0n) is 8.48. The van der Waals surface area contributed by atoms with Gasteiger partial charge in [-0.25, -0.2) is 4.79 Å². The molecule has 0 fully saturated rings. The lowest BCUT2D eigenvalue weighted by atomic mass is 10.3. The molecule has 17 heavy (non-hydrogen) atoms. The highest BCUT2D eigenvalue weighted by molar-refractivity contribution is 9.10. The second-order valence-corrected chi connectivity index (χ2v) is 4.18. The van der Waals surface area contributed by atoms with E-state index >= 15 is 0 Å². The first-order valence-electron chi connectivity index (χ1n) is 4.64. The van der Waals surface area contributed by atoms with Gasteiger partial charge in [0.1, 0.15) is 11.6 Å². The Morgan fingerprint density at radius 1 is 1.35 bits per heavy atom. The van der Waals surface area contributed by atoms with Crippen LogP contribution in [0, 0.1) is 11.3 Å². The van der Waals surface area contributed by atoms with E-state index in [-0.39, 0.29) is 5.56 Å². The number of nitrogens with one attached hydrogen (secondary N) is 1. The van der Waals surface area contributed by atoms with Crippen LogP contribution in [0.4, 0.5) is 0 Å². The number of nitriles is 1. The predicted octanol–water partition coefficient (Wildman–Crippen LogP) is 1.16. The van der Waals surface area contributed by atoms with Gasteiger partial charge in [0.25, 0.3) is 5.56 Å². The van der Waals surface area contributed by atoms with Crippen molar-refractivity contribution in [2.24, 2.45) is 0 Å². The highest BCUT2D eigenvalue weighted by Gasteiger charge is 2.05. The molecule has 0 spiro atoms. The lowest BCUT2D eigenvalue weighted by Crippen LogP contribution is -2.30. The highest BCUT2D eigenvalue weighted by atomic mass is 79.9. The van der Waals surface area contributed by atoms with Crippen molar-refractivity contribution < 1.29 is 0 Å². The molecular formula is C11H6BrN3O2. The molecule has 1 aromatic carbocycles. The molecule has 0 atom stereocenters. The van der Waals surface area contributed by atoms with Crippen LogP contribution < -0.4 is 11.2 Å². The maximum absolute atomic E-state index is 11.6. The third-order valence-electron chi connectivity index (χ3n) is 2.15. The number of H-pyrrole nitrogens is 1. The van der Waals surface area contributed by atoms with Gasteiger partial charge in [0.15, 0.2) is 0 Å². The van der Waals surface area contributed by atoms with Crippen LogP contribution in [0.2, 0.25) is 0 Å². The van der Waals surface area contributed by atoms with Crippen molar-refractivity contribution in [1.82, 2.24) is 9.55 Å². The van der Waals surface area contributed by atoms with Crippen LogP contribution in [0.1, 0.15) is 5.56 Å². The molecule has 0 bridgehead atoms. The molecule has 0 saturated carbocycles. The van der Waals surface area contributed by atoms with Crippen LogP contribution >= 0.6 is 15.9 Å². The van der Waals surface area contributed by atoms with E-state index in [1.54, 1.807) is 24.3 Å². The van der Waals surface area contributed by atoms with Crippen LogP contribution in [0.5, 0.6) is 0 Å². The standard InChI is InChI=1S/C11H6BrN3O2/c12-8-2-1-3-9(4-8)15-6-7(5-13)10(16)14-11(15)17/h1-4,6H,(H,14,16,17). The predicted molar refractivity (Wildman–Crippen MR) is 65.1 cm³/mol. The molecule has 1 aromatic heterocycles. The number of aromatic nitrogens is 2. The van der Waals surface area contributed by atoms with Crippen molar-refractivity contribution >= 4 is 15.9 Å². The van der Waals surface area contributed by atoms with Gasteiger partial charge in [0.05, 0.1) is 5.69 Å². The quantitative estimate of drug-likeness (QED) is 0.856. The number of nitrogens with zero attached hydrogens (tertiary/aromatic N) is 2. The van der Waals surface area contributed by atoms with Crippen LogP contribution in [0.25, 0.3) is 5.69 Å². The van der Waals surface area contributed by atoms with E-state index in [0.29, 0.717) is 5.69 Å². The Morgan fingerprint density at radius 3 is 2.76 bits per heavy atom. The fourth-order valence-electron chi connectivity index (χ4n) is 1.37. The van der Waals surface area contributed by atoms with Gasteiger partial charge in [-0.1, -0.05) is 22.0 Å². The molecule has 5 nitrogen and oxygen atoms in total. The van der Waals surface area contributed by atoms with Crippen LogP contribution in [-0.2, 0) is 0 Å². The number of halogens is 1. The summed E-state index contributed by atoms with van der Waals surface area (Å²) in [7, 11) is 0. The summed E-state index contributed by atoms with van der Waals surface area (Å²) in [6, 6.07) is 8.71.